The molecule has 0 aliphatic carbocycles. The molecule has 0 aromatic rings. The van der Waals surface area contributed by atoms with Crippen molar-refractivity contribution in [1.29, 1.82) is 0 Å². The van der Waals surface area contributed by atoms with E-state index in [9.17, 15) is 5.11 Å². The molecule has 0 saturated carbocycles. The van der Waals surface area contributed by atoms with Crippen molar-refractivity contribution in [3.8, 4) is 0 Å². The molecule has 0 bridgehead atoms. The number of hydrogen-bond donors (Lipinski definition) is 0. The van der Waals surface area contributed by atoms with Crippen molar-refractivity contribution in [3.05, 3.63) is 0 Å². The molecule has 2 nitrogen and oxygen atoms in total. The third kappa shape index (κ3) is 2.69. The first-order chi connectivity index (χ1) is 5.92. The van der Waals surface area contributed by atoms with E-state index in [0.29, 0.717) is 12.0 Å². The molecule has 0 N–H and O–H groups in total. The monoisotopic (exact) mass is 191 g/mol. The Morgan fingerprint density at radius 3 is 2.62 bits per heavy atom. The maximum absolute atomic E-state index is 10.9. The Bertz CT molecular complexity index is 145. The van der Waals surface area contributed by atoms with Gasteiger partial charge in [-0.2, -0.15) is 0 Å². The summed E-state index contributed by atoms with van der Waals surface area (Å²) in [6.45, 7) is 2.66. The second-order valence-corrected chi connectivity index (χ2v) is 4.17. The molecular formula is C10H18NNaO. The summed E-state index contributed by atoms with van der Waals surface area (Å²) in [5.41, 5.74) is 0. The molecule has 2 fully saturated rings. The van der Waals surface area contributed by atoms with E-state index in [0.717, 1.165) is 0 Å². The van der Waals surface area contributed by atoms with Crippen molar-refractivity contribution < 1.29 is 34.7 Å². The smallest absolute Gasteiger partial charge is 0.854 e. The summed E-state index contributed by atoms with van der Waals surface area (Å²) in [5.74, 6) is 0.471. The van der Waals surface area contributed by atoms with Crippen LogP contribution in [-0.2, 0) is 0 Å². The van der Waals surface area contributed by atoms with Gasteiger partial charge in [-0.3, -0.25) is 0 Å². The average Bonchev–Trinajstić information content (AvgIpc) is 2.17. The van der Waals surface area contributed by atoms with Crippen LogP contribution in [0.15, 0.2) is 0 Å². The van der Waals surface area contributed by atoms with Crippen LogP contribution < -0.4 is 34.7 Å². The topological polar surface area (TPSA) is 26.3 Å². The summed E-state index contributed by atoms with van der Waals surface area (Å²) in [6, 6.07) is 0.657. The summed E-state index contributed by atoms with van der Waals surface area (Å²) >= 11 is 0. The van der Waals surface area contributed by atoms with Crippen molar-refractivity contribution in [2.24, 2.45) is 5.92 Å². The quantitative estimate of drug-likeness (QED) is 0.433. The van der Waals surface area contributed by atoms with Crippen LogP contribution in [0.5, 0.6) is 0 Å². The van der Waals surface area contributed by atoms with Crippen LogP contribution in [0.3, 0.4) is 0 Å². The van der Waals surface area contributed by atoms with Crippen LogP contribution in [0.4, 0.5) is 0 Å². The van der Waals surface area contributed by atoms with Gasteiger partial charge in [-0.1, -0.05) is 6.42 Å². The summed E-state index contributed by atoms with van der Waals surface area (Å²) in [7, 11) is 0. The minimum atomic E-state index is 0. The van der Waals surface area contributed by atoms with E-state index in [4.69, 9.17) is 0 Å². The average molecular weight is 191 g/mol. The van der Waals surface area contributed by atoms with Gasteiger partial charge in [0, 0.05) is 6.04 Å². The molecule has 3 heteroatoms. The second kappa shape index (κ2) is 5.72. The molecule has 70 valence electrons. The van der Waals surface area contributed by atoms with Crippen LogP contribution in [0.2, 0.25) is 0 Å². The van der Waals surface area contributed by atoms with E-state index < -0.39 is 0 Å². The van der Waals surface area contributed by atoms with Gasteiger partial charge in [0.1, 0.15) is 0 Å². The molecule has 2 unspecified atom stereocenters. The zero-order chi connectivity index (χ0) is 8.39. The normalized spacial score (nSPS) is 34.8. The first-order valence-electron chi connectivity index (χ1n) is 5.24. The summed E-state index contributed by atoms with van der Waals surface area (Å²) in [6.07, 6.45) is 6.42. The number of rotatable bonds is 1. The fraction of sp³-hybridized carbons (Fsp3) is 1.00. The molecule has 13 heavy (non-hydrogen) atoms. The molecule has 0 aromatic heterocycles. The number of hydrogen-bond acceptors (Lipinski definition) is 2. The van der Waals surface area contributed by atoms with Crippen LogP contribution in [0, 0.1) is 5.92 Å². The van der Waals surface area contributed by atoms with Gasteiger partial charge < -0.3 is 10.0 Å². The van der Waals surface area contributed by atoms with Gasteiger partial charge in [-0.15, -0.1) is 6.61 Å². The van der Waals surface area contributed by atoms with Gasteiger partial charge in [0.25, 0.3) is 0 Å². The zero-order valence-electron chi connectivity index (χ0n) is 8.67. The van der Waals surface area contributed by atoms with E-state index in [-0.39, 0.29) is 36.2 Å². The van der Waals surface area contributed by atoms with Crippen LogP contribution >= 0.6 is 0 Å². The van der Waals surface area contributed by atoms with Crippen molar-refractivity contribution in [2.75, 3.05) is 19.7 Å². The van der Waals surface area contributed by atoms with Crippen LogP contribution in [0.25, 0.3) is 0 Å². The number of nitrogens with zero attached hydrogens (tertiary/aromatic N) is 1. The summed E-state index contributed by atoms with van der Waals surface area (Å²) in [4.78, 5) is 2.55. The molecule has 2 aliphatic heterocycles. The van der Waals surface area contributed by atoms with Gasteiger partial charge in [0.15, 0.2) is 0 Å². The van der Waals surface area contributed by atoms with E-state index >= 15 is 0 Å². The Morgan fingerprint density at radius 2 is 1.85 bits per heavy atom. The van der Waals surface area contributed by atoms with E-state index in [2.05, 4.69) is 4.90 Å². The Kier molecular flexibility index (Phi) is 5.27. The minimum absolute atomic E-state index is 0. The predicted octanol–water partition coefficient (Wildman–Crippen LogP) is -2.38. The maximum Gasteiger partial charge on any atom is 1.00 e. The Hall–Kier alpha value is 0.920. The summed E-state index contributed by atoms with van der Waals surface area (Å²) in [5, 5.41) is 10.9. The molecular weight excluding hydrogens is 173 g/mol. The molecule has 0 aromatic carbocycles. The molecule has 2 heterocycles. The van der Waals surface area contributed by atoms with E-state index in [1.807, 2.05) is 0 Å². The fourth-order valence-corrected chi connectivity index (χ4v) is 2.77. The van der Waals surface area contributed by atoms with Gasteiger partial charge in [-0.05, 0) is 44.7 Å². The molecule has 0 radical (unpaired) electrons. The Labute approximate surface area is 103 Å². The van der Waals surface area contributed by atoms with Crippen LogP contribution in [0.1, 0.15) is 32.1 Å². The Morgan fingerprint density at radius 1 is 1.08 bits per heavy atom. The zero-order valence-corrected chi connectivity index (χ0v) is 10.7. The van der Waals surface area contributed by atoms with Crippen LogP contribution in [-0.4, -0.2) is 30.6 Å². The van der Waals surface area contributed by atoms with Gasteiger partial charge in [0.2, 0.25) is 0 Å². The summed E-state index contributed by atoms with van der Waals surface area (Å²) < 4.78 is 0. The largest absolute Gasteiger partial charge is 1.00 e. The molecule has 2 saturated heterocycles. The van der Waals surface area contributed by atoms with E-state index in [1.165, 1.54) is 45.2 Å². The van der Waals surface area contributed by atoms with Gasteiger partial charge in [0.05, 0.1) is 0 Å². The van der Waals surface area contributed by atoms with Crippen molar-refractivity contribution in [2.45, 2.75) is 38.1 Å². The molecule has 0 amide bonds. The molecule has 2 aliphatic rings. The second-order valence-electron chi connectivity index (χ2n) is 4.17. The number of fused-ring (bicyclic) bond motifs is 1. The van der Waals surface area contributed by atoms with Gasteiger partial charge >= 0.3 is 29.6 Å². The first-order valence-corrected chi connectivity index (χ1v) is 5.24. The number of piperidine rings is 2. The first kappa shape index (κ1) is 12.0. The third-order valence-electron chi connectivity index (χ3n) is 3.44. The maximum atomic E-state index is 10.9. The van der Waals surface area contributed by atoms with E-state index in [1.54, 1.807) is 0 Å². The minimum Gasteiger partial charge on any atom is -0.854 e. The van der Waals surface area contributed by atoms with Crippen molar-refractivity contribution >= 4 is 0 Å². The molecule has 2 atom stereocenters. The SMILES string of the molecule is [Na+].[O-]CC1CCCN2CCCCC12. The van der Waals surface area contributed by atoms with Crippen molar-refractivity contribution in [1.82, 2.24) is 4.90 Å². The molecule has 2 rings (SSSR count). The fourth-order valence-electron chi connectivity index (χ4n) is 2.77. The van der Waals surface area contributed by atoms with Crippen molar-refractivity contribution in [3.63, 3.8) is 0 Å². The third-order valence-corrected chi connectivity index (χ3v) is 3.44. The predicted molar refractivity (Wildman–Crippen MR) is 46.8 cm³/mol. The molecule has 0 spiro atoms. The standard InChI is InChI=1S/C10H18NO.Na/c12-8-9-4-3-7-11-6-2-1-5-10(9)11;/h9-10H,1-8H2;/q-1;+1. The van der Waals surface area contributed by atoms with Gasteiger partial charge in [-0.25, -0.2) is 0 Å². The Balaban J connectivity index is 0.000000845.